The van der Waals surface area contributed by atoms with Crippen molar-refractivity contribution in [1.29, 1.82) is 0 Å². The average molecular weight is 282 g/mol. The Hall–Kier alpha value is 0.430. The van der Waals surface area contributed by atoms with E-state index in [9.17, 15) is 4.79 Å². The standard InChI is InChI=1S/C15H30O3.Na.H/c1-2-3-4-5-6-7-8-9-10-11-12-13-18-14-15(16)17;;/h2-14H2,1H3,(H,16,17);;/q;+1;-1. The van der Waals surface area contributed by atoms with Gasteiger partial charge >= 0.3 is 35.5 Å². The predicted molar refractivity (Wildman–Crippen MR) is 76.0 cm³/mol. The molecule has 19 heavy (non-hydrogen) atoms. The first-order valence-corrected chi connectivity index (χ1v) is 7.57. The Bertz CT molecular complexity index is 192. The number of rotatable bonds is 14. The average Bonchev–Trinajstić information content (AvgIpc) is 2.34. The minimum Gasteiger partial charge on any atom is -1.00 e. The molecule has 1 N–H and O–H groups in total. The molecular formula is C15H31NaO3. The van der Waals surface area contributed by atoms with E-state index in [-0.39, 0.29) is 37.6 Å². The van der Waals surface area contributed by atoms with Gasteiger partial charge in [0, 0.05) is 6.61 Å². The minimum atomic E-state index is -0.877. The van der Waals surface area contributed by atoms with Crippen LogP contribution < -0.4 is 29.6 Å². The van der Waals surface area contributed by atoms with Crippen LogP contribution in [0.15, 0.2) is 0 Å². The maximum Gasteiger partial charge on any atom is 1.00 e. The van der Waals surface area contributed by atoms with Gasteiger partial charge in [-0.05, 0) is 6.42 Å². The third kappa shape index (κ3) is 20.9. The zero-order valence-electron chi connectivity index (χ0n) is 14.0. The fourth-order valence-corrected chi connectivity index (χ4v) is 2.03. The number of carboxylic acid groups (broad SMARTS) is 1. The van der Waals surface area contributed by atoms with Gasteiger partial charge in [-0.25, -0.2) is 4.79 Å². The zero-order chi connectivity index (χ0) is 13.5. The molecule has 0 amide bonds. The van der Waals surface area contributed by atoms with Crippen molar-refractivity contribution in [1.82, 2.24) is 0 Å². The number of unbranched alkanes of at least 4 members (excludes halogenated alkanes) is 10. The second kappa shape index (κ2) is 18.4. The van der Waals surface area contributed by atoms with Gasteiger partial charge in [-0.2, -0.15) is 0 Å². The largest absolute Gasteiger partial charge is 1.00 e. The van der Waals surface area contributed by atoms with E-state index in [1.807, 2.05) is 0 Å². The van der Waals surface area contributed by atoms with Crippen LogP contribution in [0.1, 0.15) is 79.0 Å². The maximum absolute atomic E-state index is 10.2. The van der Waals surface area contributed by atoms with Crippen LogP contribution in [-0.2, 0) is 9.53 Å². The third-order valence-electron chi connectivity index (χ3n) is 3.12. The van der Waals surface area contributed by atoms with Gasteiger partial charge in [0.2, 0.25) is 0 Å². The summed E-state index contributed by atoms with van der Waals surface area (Å²) in [6.07, 6.45) is 14.3. The van der Waals surface area contributed by atoms with Crippen LogP contribution in [-0.4, -0.2) is 24.3 Å². The zero-order valence-corrected chi connectivity index (χ0v) is 15.0. The molecular weight excluding hydrogens is 251 g/mol. The van der Waals surface area contributed by atoms with E-state index in [1.54, 1.807) is 0 Å². The summed E-state index contributed by atoms with van der Waals surface area (Å²) in [6, 6.07) is 0. The molecule has 4 heteroatoms. The van der Waals surface area contributed by atoms with Crippen molar-refractivity contribution in [2.24, 2.45) is 0 Å². The Labute approximate surface area is 142 Å². The van der Waals surface area contributed by atoms with Gasteiger partial charge in [0.1, 0.15) is 6.61 Å². The van der Waals surface area contributed by atoms with E-state index in [0.717, 1.165) is 12.8 Å². The smallest absolute Gasteiger partial charge is 1.00 e. The van der Waals surface area contributed by atoms with Crippen molar-refractivity contribution in [3.05, 3.63) is 0 Å². The Morgan fingerprint density at radius 3 is 1.74 bits per heavy atom. The molecule has 0 rings (SSSR count). The molecule has 0 aromatic heterocycles. The first-order valence-electron chi connectivity index (χ1n) is 7.57. The summed E-state index contributed by atoms with van der Waals surface area (Å²) < 4.78 is 4.98. The first kappa shape index (κ1) is 21.7. The van der Waals surface area contributed by atoms with Crippen molar-refractivity contribution >= 4 is 5.97 Å². The van der Waals surface area contributed by atoms with Crippen LogP contribution in [0.25, 0.3) is 0 Å². The summed E-state index contributed by atoms with van der Waals surface area (Å²) in [5.74, 6) is -0.877. The van der Waals surface area contributed by atoms with Crippen molar-refractivity contribution in [3.63, 3.8) is 0 Å². The van der Waals surface area contributed by atoms with E-state index >= 15 is 0 Å². The Morgan fingerprint density at radius 2 is 1.32 bits per heavy atom. The summed E-state index contributed by atoms with van der Waals surface area (Å²) in [7, 11) is 0. The van der Waals surface area contributed by atoms with E-state index in [0.29, 0.717) is 6.61 Å². The molecule has 0 aliphatic carbocycles. The molecule has 3 nitrogen and oxygen atoms in total. The molecule has 0 radical (unpaired) electrons. The van der Waals surface area contributed by atoms with Gasteiger partial charge in [0.15, 0.2) is 0 Å². The van der Waals surface area contributed by atoms with Crippen LogP contribution in [0, 0.1) is 0 Å². The van der Waals surface area contributed by atoms with Crippen LogP contribution in [0.5, 0.6) is 0 Å². The van der Waals surface area contributed by atoms with Gasteiger partial charge < -0.3 is 11.3 Å². The molecule has 0 heterocycles. The molecule has 0 aromatic rings. The van der Waals surface area contributed by atoms with Crippen LogP contribution in [0.3, 0.4) is 0 Å². The molecule has 0 aliphatic rings. The fourth-order valence-electron chi connectivity index (χ4n) is 2.03. The van der Waals surface area contributed by atoms with Gasteiger partial charge in [-0.15, -0.1) is 0 Å². The van der Waals surface area contributed by atoms with Gasteiger partial charge in [-0.1, -0.05) is 71.1 Å². The Morgan fingerprint density at radius 1 is 0.895 bits per heavy atom. The van der Waals surface area contributed by atoms with Crippen molar-refractivity contribution in [3.8, 4) is 0 Å². The van der Waals surface area contributed by atoms with Crippen LogP contribution in [0.4, 0.5) is 0 Å². The number of aliphatic carboxylic acids is 1. The number of ether oxygens (including phenoxy) is 1. The minimum absolute atomic E-state index is 0. The molecule has 0 aliphatic heterocycles. The number of hydrogen-bond acceptors (Lipinski definition) is 2. The molecule has 0 aromatic carbocycles. The number of carbonyl (C=O) groups is 1. The summed E-state index contributed by atoms with van der Waals surface area (Å²) in [5.41, 5.74) is 0. The van der Waals surface area contributed by atoms with E-state index < -0.39 is 5.97 Å². The van der Waals surface area contributed by atoms with Crippen molar-refractivity contribution < 1.29 is 45.6 Å². The van der Waals surface area contributed by atoms with Gasteiger partial charge in [-0.3, -0.25) is 0 Å². The molecule has 0 unspecified atom stereocenters. The third-order valence-corrected chi connectivity index (χ3v) is 3.12. The SMILES string of the molecule is CCCCCCCCCCCCCOCC(=O)O.[H-].[Na+]. The quantitative estimate of drug-likeness (QED) is 0.388. The molecule has 0 saturated carbocycles. The molecule has 0 bridgehead atoms. The second-order valence-electron chi connectivity index (χ2n) is 4.98. The van der Waals surface area contributed by atoms with Crippen LogP contribution in [0.2, 0.25) is 0 Å². The monoisotopic (exact) mass is 282 g/mol. The number of hydrogen-bond donors (Lipinski definition) is 1. The molecule has 0 saturated heterocycles. The van der Waals surface area contributed by atoms with Crippen molar-refractivity contribution in [2.45, 2.75) is 77.6 Å². The van der Waals surface area contributed by atoms with Gasteiger partial charge in [0.05, 0.1) is 0 Å². The molecule has 0 spiro atoms. The number of carboxylic acids is 1. The molecule has 0 atom stereocenters. The van der Waals surface area contributed by atoms with E-state index in [1.165, 1.54) is 57.8 Å². The first-order chi connectivity index (χ1) is 8.77. The molecule has 0 fully saturated rings. The Kier molecular flexibility index (Phi) is 21.1. The topological polar surface area (TPSA) is 46.5 Å². The summed E-state index contributed by atoms with van der Waals surface area (Å²) in [6.45, 7) is 2.68. The Balaban J connectivity index is -0.00000144. The van der Waals surface area contributed by atoms with E-state index in [2.05, 4.69) is 6.92 Å². The van der Waals surface area contributed by atoms with Gasteiger partial charge in [0.25, 0.3) is 0 Å². The maximum atomic E-state index is 10.2. The second-order valence-corrected chi connectivity index (χ2v) is 4.98. The summed E-state index contributed by atoms with van der Waals surface area (Å²) in [4.78, 5) is 10.2. The normalized spacial score (nSPS) is 10.2. The molecule has 110 valence electrons. The van der Waals surface area contributed by atoms with Crippen LogP contribution >= 0.6 is 0 Å². The predicted octanol–water partition coefficient (Wildman–Crippen LogP) is 1.52. The summed E-state index contributed by atoms with van der Waals surface area (Å²) in [5, 5.41) is 8.37. The van der Waals surface area contributed by atoms with E-state index in [4.69, 9.17) is 9.84 Å². The van der Waals surface area contributed by atoms with Crippen molar-refractivity contribution in [2.75, 3.05) is 13.2 Å². The summed E-state index contributed by atoms with van der Waals surface area (Å²) >= 11 is 0. The fraction of sp³-hybridized carbons (Fsp3) is 0.933.